The standard InChI is InChI=1S/C25H28O6/c1-5-25(3,4)24(29)31-16-19-9-6-8-17(2)21(19)10-7-15-30-20-13-11-18(12-14-20)22(26)23(27)28/h6-14H,5,15-16H2,1-4H3,(H,27,28)/b10-7+. The van der Waals surface area contributed by atoms with E-state index in [0.717, 1.165) is 16.7 Å². The minimum absolute atomic E-state index is 0.0979. The third kappa shape index (κ3) is 6.54. The lowest BCUT2D eigenvalue weighted by Crippen LogP contribution is -2.25. The van der Waals surface area contributed by atoms with Gasteiger partial charge in [0.25, 0.3) is 5.78 Å². The Hall–Kier alpha value is -3.41. The maximum absolute atomic E-state index is 12.3. The second kappa shape index (κ2) is 10.6. The van der Waals surface area contributed by atoms with Gasteiger partial charge in [0.1, 0.15) is 19.0 Å². The molecule has 0 spiro atoms. The Morgan fingerprint density at radius 1 is 1.06 bits per heavy atom. The fraction of sp³-hybridized carbons (Fsp3) is 0.320. The summed E-state index contributed by atoms with van der Waals surface area (Å²) in [5, 5.41) is 8.73. The molecule has 0 aliphatic carbocycles. The third-order valence-electron chi connectivity index (χ3n) is 5.15. The van der Waals surface area contributed by atoms with E-state index in [2.05, 4.69) is 0 Å². The van der Waals surface area contributed by atoms with Gasteiger partial charge < -0.3 is 14.6 Å². The van der Waals surface area contributed by atoms with Gasteiger partial charge in [0, 0.05) is 5.56 Å². The SMILES string of the molecule is CCC(C)(C)C(=O)OCc1cccc(C)c1/C=C/COc1ccc(C(=O)C(=O)O)cc1. The van der Waals surface area contributed by atoms with Crippen molar-refractivity contribution in [1.29, 1.82) is 0 Å². The number of carboxylic acids is 1. The minimum atomic E-state index is -1.49. The molecule has 0 bridgehead atoms. The van der Waals surface area contributed by atoms with Crippen LogP contribution in [-0.4, -0.2) is 29.4 Å². The first-order chi connectivity index (χ1) is 14.7. The van der Waals surface area contributed by atoms with Crippen molar-refractivity contribution in [2.45, 2.75) is 40.7 Å². The molecule has 0 aliphatic heterocycles. The molecule has 0 saturated carbocycles. The highest BCUT2D eigenvalue weighted by Crippen LogP contribution is 2.24. The van der Waals surface area contributed by atoms with Crippen LogP contribution in [0, 0.1) is 12.3 Å². The van der Waals surface area contributed by atoms with E-state index in [0.29, 0.717) is 12.2 Å². The summed E-state index contributed by atoms with van der Waals surface area (Å²) in [6.07, 6.45) is 4.47. The fourth-order valence-corrected chi connectivity index (χ4v) is 2.73. The molecular weight excluding hydrogens is 396 g/mol. The Labute approximate surface area is 182 Å². The van der Waals surface area contributed by atoms with E-state index in [4.69, 9.17) is 14.6 Å². The van der Waals surface area contributed by atoms with Gasteiger partial charge in [-0.2, -0.15) is 0 Å². The van der Waals surface area contributed by atoms with Crippen molar-refractivity contribution in [2.75, 3.05) is 6.61 Å². The summed E-state index contributed by atoms with van der Waals surface area (Å²) < 4.78 is 11.2. The van der Waals surface area contributed by atoms with E-state index in [1.54, 1.807) is 12.1 Å². The van der Waals surface area contributed by atoms with E-state index >= 15 is 0 Å². The number of ketones is 1. The average molecular weight is 424 g/mol. The van der Waals surface area contributed by atoms with Gasteiger partial charge in [-0.05, 0) is 74.2 Å². The Balaban J connectivity index is 2.00. The molecule has 31 heavy (non-hydrogen) atoms. The molecule has 0 aromatic heterocycles. The average Bonchev–Trinajstić information content (AvgIpc) is 2.75. The lowest BCUT2D eigenvalue weighted by atomic mass is 9.91. The minimum Gasteiger partial charge on any atom is -0.490 e. The summed E-state index contributed by atoms with van der Waals surface area (Å²) in [5.74, 6) is -2.15. The molecule has 0 fully saturated rings. The summed E-state index contributed by atoms with van der Waals surface area (Å²) in [6.45, 7) is 8.16. The molecule has 0 amide bonds. The number of carbonyl (C=O) groups is 3. The van der Waals surface area contributed by atoms with Crippen LogP contribution in [-0.2, 0) is 20.9 Å². The molecule has 0 atom stereocenters. The summed E-state index contributed by atoms with van der Waals surface area (Å²) in [7, 11) is 0. The van der Waals surface area contributed by atoms with Crippen LogP contribution in [0.2, 0.25) is 0 Å². The first-order valence-electron chi connectivity index (χ1n) is 10.1. The van der Waals surface area contributed by atoms with Crippen LogP contribution in [0.15, 0.2) is 48.5 Å². The van der Waals surface area contributed by atoms with Crippen LogP contribution in [0.1, 0.15) is 54.2 Å². The number of benzene rings is 2. The van der Waals surface area contributed by atoms with Crippen LogP contribution < -0.4 is 4.74 Å². The molecule has 1 N–H and O–H groups in total. The van der Waals surface area contributed by atoms with E-state index in [9.17, 15) is 14.4 Å². The van der Waals surface area contributed by atoms with Crippen LogP contribution in [0.25, 0.3) is 6.08 Å². The molecule has 0 radical (unpaired) electrons. The largest absolute Gasteiger partial charge is 0.490 e. The number of carbonyl (C=O) groups excluding carboxylic acids is 2. The van der Waals surface area contributed by atoms with Gasteiger partial charge in [-0.15, -0.1) is 0 Å². The molecule has 0 heterocycles. The highest BCUT2D eigenvalue weighted by Gasteiger charge is 2.27. The van der Waals surface area contributed by atoms with Gasteiger partial charge >= 0.3 is 11.9 Å². The molecule has 6 nitrogen and oxygen atoms in total. The highest BCUT2D eigenvalue weighted by molar-refractivity contribution is 6.39. The van der Waals surface area contributed by atoms with Gasteiger partial charge in [0.2, 0.25) is 0 Å². The van der Waals surface area contributed by atoms with E-state index in [1.807, 2.05) is 58.0 Å². The first kappa shape index (κ1) is 23.9. The number of carboxylic acid groups (broad SMARTS) is 1. The van der Waals surface area contributed by atoms with Gasteiger partial charge in [0.15, 0.2) is 0 Å². The maximum Gasteiger partial charge on any atom is 0.377 e. The second-order valence-electron chi connectivity index (χ2n) is 7.83. The third-order valence-corrected chi connectivity index (χ3v) is 5.15. The number of hydrogen-bond acceptors (Lipinski definition) is 5. The normalized spacial score (nSPS) is 11.4. The number of aliphatic carboxylic acids is 1. The molecule has 0 unspecified atom stereocenters. The predicted octanol–water partition coefficient (Wildman–Crippen LogP) is 4.83. The highest BCUT2D eigenvalue weighted by atomic mass is 16.5. The Morgan fingerprint density at radius 3 is 2.35 bits per heavy atom. The predicted molar refractivity (Wildman–Crippen MR) is 118 cm³/mol. The molecule has 2 aromatic rings. The number of esters is 1. The van der Waals surface area contributed by atoms with Crippen LogP contribution in [0.3, 0.4) is 0 Å². The van der Waals surface area contributed by atoms with E-state index in [1.165, 1.54) is 12.1 Å². The number of Topliss-reactive ketones (excluding diaryl/α,β-unsaturated/α-hetero) is 1. The Bertz CT molecular complexity index is 970. The molecular formula is C25H28O6. The summed E-state index contributed by atoms with van der Waals surface area (Å²) in [4.78, 5) is 34.4. The van der Waals surface area contributed by atoms with Crippen LogP contribution >= 0.6 is 0 Å². The van der Waals surface area contributed by atoms with E-state index in [-0.39, 0.29) is 24.7 Å². The summed E-state index contributed by atoms with van der Waals surface area (Å²) in [5.41, 5.74) is 2.51. The van der Waals surface area contributed by atoms with Crippen molar-refractivity contribution < 1.29 is 29.0 Å². The second-order valence-corrected chi connectivity index (χ2v) is 7.83. The lowest BCUT2D eigenvalue weighted by molar-refractivity contribution is -0.155. The number of hydrogen-bond donors (Lipinski definition) is 1. The lowest BCUT2D eigenvalue weighted by Gasteiger charge is -2.21. The molecule has 0 aliphatic rings. The molecule has 2 aromatic carbocycles. The maximum atomic E-state index is 12.3. The zero-order valence-corrected chi connectivity index (χ0v) is 18.3. The monoisotopic (exact) mass is 424 g/mol. The van der Waals surface area contributed by atoms with Crippen molar-refractivity contribution in [3.8, 4) is 5.75 Å². The smallest absolute Gasteiger partial charge is 0.377 e. The number of ether oxygens (including phenoxy) is 2. The Morgan fingerprint density at radius 2 is 1.74 bits per heavy atom. The number of rotatable bonds is 10. The zero-order valence-electron chi connectivity index (χ0n) is 18.3. The number of aryl methyl sites for hydroxylation is 1. The van der Waals surface area contributed by atoms with Crippen molar-refractivity contribution in [3.63, 3.8) is 0 Å². The van der Waals surface area contributed by atoms with Crippen molar-refractivity contribution in [2.24, 2.45) is 5.41 Å². The molecule has 6 heteroatoms. The fourth-order valence-electron chi connectivity index (χ4n) is 2.73. The zero-order chi connectivity index (χ0) is 23.0. The first-order valence-corrected chi connectivity index (χ1v) is 10.1. The van der Waals surface area contributed by atoms with Crippen LogP contribution in [0.4, 0.5) is 0 Å². The van der Waals surface area contributed by atoms with Crippen molar-refractivity contribution >= 4 is 23.8 Å². The van der Waals surface area contributed by atoms with Crippen molar-refractivity contribution in [3.05, 3.63) is 70.8 Å². The molecule has 2 rings (SSSR count). The van der Waals surface area contributed by atoms with Crippen molar-refractivity contribution in [1.82, 2.24) is 0 Å². The molecule has 0 saturated heterocycles. The summed E-state index contributed by atoms with van der Waals surface area (Å²) >= 11 is 0. The van der Waals surface area contributed by atoms with E-state index < -0.39 is 17.2 Å². The van der Waals surface area contributed by atoms with Gasteiger partial charge in [-0.25, -0.2) is 4.79 Å². The Kier molecular flexibility index (Phi) is 8.14. The van der Waals surface area contributed by atoms with Gasteiger partial charge in [0.05, 0.1) is 5.41 Å². The van der Waals surface area contributed by atoms with Crippen LogP contribution in [0.5, 0.6) is 5.75 Å². The van der Waals surface area contributed by atoms with Gasteiger partial charge in [-0.3, -0.25) is 9.59 Å². The molecule has 164 valence electrons. The quantitative estimate of drug-likeness (QED) is 0.334. The summed E-state index contributed by atoms with van der Waals surface area (Å²) in [6, 6.07) is 11.8. The topological polar surface area (TPSA) is 89.9 Å². The van der Waals surface area contributed by atoms with Gasteiger partial charge in [-0.1, -0.05) is 31.2 Å².